The van der Waals surface area contributed by atoms with Crippen LogP contribution in [0, 0.1) is 5.92 Å². The number of carbonyl (C=O) groups is 2. The van der Waals surface area contributed by atoms with Crippen molar-refractivity contribution in [3.63, 3.8) is 0 Å². The Morgan fingerprint density at radius 1 is 1.56 bits per heavy atom. The van der Waals surface area contributed by atoms with Crippen LogP contribution >= 0.6 is 0 Å². The maximum absolute atomic E-state index is 12.7. The second-order valence-electron chi connectivity index (χ2n) is 3.67. The van der Waals surface area contributed by atoms with Gasteiger partial charge in [-0.3, -0.25) is 9.35 Å². The summed E-state index contributed by atoms with van der Waals surface area (Å²) in [4.78, 5) is 21.4. The molecule has 18 heavy (non-hydrogen) atoms. The Bertz CT molecular complexity index is 444. The molecule has 1 rings (SSSR count). The number of alkyl halides is 2. The van der Waals surface area contributed by atoms with Crippen molar-refractivity contribution in [1.29, 1.82) is 0 Å². The quantitative estimate of drug-likeness (QED) is 0.558. The van der Waals surface area contributed by atoms with Gasteiger partial charge in [0.2, 0.25) is 0 Å². The molecule has 0 bridgehead atoms. The Hall–Kier alpha value is -1.29. The molecule has 7 nitrogen and oxygen atoms in total. The van der Waals surface area contributed by atoms with Crippen molar-refractivity contribution in [3.05, 3.63) is 0 Å². The number of ether oxygens (including phenoxy) is 2. The number of rotatable bonds is 5. The van der Waals surface area contributed by atoms with Crippen LogP contribution in [0.1, 0.15) is 12.8 Å². The third-order valence-electron chi connectivity index (χ3n) is 2.26. The first kappa shape index (κ1) is 14.8. The molecular formula is C8H10F2O7S. The topological polar surface area (TPSA) is 107 Å². The van der Waals surface area contributed by atoms with Crippen LogP contribution in [0.15, 0.2) is 0 Å². The van der Waals surface area contributed by atoms with Gasteiger partial charge in [0, 0.05) is 5.92 Å². The lowest BCUT2D eigenvalue weighted by Gasteiger charge is -2.12. The predicted octanol–water partition coefficient (Wildman–Crippen LogP) is -0.0366. The summed E-state index contributed by atoms with van der Waals surface area (Å²) in [5, 5.41) is -4.99. The van der Waals surface area contributed by atoms with Crippen LogP contribution in [-0.4, -0.2) is 43.4 Å². The Balaban J connectivity index is 2.40. The molecule has 104 valence electrons. The molecule has 0 saturated carbocycles. The molecule has 1 fully saturated rings. The van der Waals surface area contributed by atoms with Crippen LogP contribution in [0.5, 0.6) is 0 Å². The summed E-state index contributed by atoms with van der Waals surface area (Å²) in [5.41, 5.74) is 0. The zero-order valence-corrected chi connectivity index (χ0v) is 9.78. The smallest absolute Gasteiger partial charge is 0.465 e. The first-order valence-electron chi connectivity index (χ1n) is 4.82. The van der Waals surface area contributed by atoms with Gasteiger partial charge in [0.15, 0.2) is 0 Å². The molecule has 0 aromatic rings. The number of hydrogen-bond donors (Lipinski definition) is 1. The maximum Gasteiger partial charge on any atom is 0.465 e. The zero-order chi connectivity index (χ0) is 14.0. The number of halogens is 2. The summed E-state index contributed by atoms with van der Waals surface area (Å²) >= 11 is 0. The fourth-order valence-corrected chi connectivity index (χ4v) is 1.53. The van der Waals surface area contributed by atoms with E-state index in [0.717, 1.165) is 0 Å². The largest absolute Gasteiger partial charge is 0.465 e. The van der Waals surface area contributed by atoms with E-state index in [9.17, 15) is 26.8 Å². The van der Waals surface area contributed by atoms with Crippen molar-refractivity contribution < 1.29 is 40.8 Å². The van der Waals surface area contributed by atoms with Crippen LogP contribution in [0.4, 0.5) is 8.78 Å². The van der Waals surface area contributed by atoms with Crippen molar-refractivity contribution >= 4 is 22.1 Å². The van der Waals surface area contributed by atoms with E-state index < -0.39 is 33.9 Å². The van der Waals surface area contributed by atoms with Gasteiger partial charge in [-0.2, -0.15) is 17.2 Å². The highest BCUT2D eigenvalue weighted by Crippen LogP contribution is 2.23. The molecule has 1 aliphatic rings. The van der Waals surface area contributed by atoms with E-state index in [0.29, 0.717) is 0 Å². The Kier molecular flexibility index (Phi) is 4.22. The monoisotopic (exact) mass is 288 g/mol. The van der Waals surface area contributed by atoms with E-state index in [-0.39, 0.29) is 25.4 Å². The summed E-state index contributed by atoms with van der Waals surface area (Å²) < 4.78 is 62.5. The third kappa shape index (κ3) is 3.35. The summed E-state index contributed by atoms with van der Waals surface area (Å²) in [6.45, 7) is -0.393. The van der Waals surface area contributed by atoms with E-state index in [1.54, 1.807) is 0 Å². The fourth-order valence-electron chi connectivity index (χ4n) is 1.26. The molecule has 0 aromatic carbocycles. The fraction of sp³-hybridized carbons (Fsp3) is 0.750. The highest BCUT2D eigenvalue weighted by molar-refractivity contribution is 7.87. The third-order valence-corrected chi connectivity index (χ3v) is 3.07. The molecule has 0 aliphatic carbocycles. The SMILES string of the molecule is O=C1CC(CCOC(=O)C(F)(F)S(=O)(=O)O)CO1. The maximum atomic E-state index is 12.7. The van der Waals surface area contributed by atoms with Crippen LogP contribution in [0.3, 0.4) is 0 Å². The van der Waals surface area contributed by atoms with E-state index in [2.05, 4.69) is 9.47 Å². The minimum absolute atomic E-state index is 0.0824. The molecule has 0 amide bonds. The highest BCUT2D eigenvalue weighted by atomic mass is 32.2. The van der Waals surface area contributed by atoms with E-state index in [1.165, 1.54) is 0 Å². The van der Waals surface area contributed by atoms with Gasteiger partial charge in [0.1, 0.15) is 0 Å². The number of esters is 2. The van der Waals surface area contributed by atoms with Gasteiger partial charge in [-0.25, -0.2) is 4.79 Å². The minimum atomic E-state index is -5.85. The second kappa shape index (κ2) is 5.14. The lowest BCUT2D eigenvalue weighted by atomic mass is 10.1. The highest BCUT2D eigenvalue weighted by Gasteiger charge is 2.54. The molecule has 1 N–H and O–H groups in total. The standard InChI is InChI=1S/C8H10F2O7S/c9-8(10,18(13,14)15)7(12)16-2-1-5-3-6(11)17-4-5/h5H,1-4H2,(H,13,14,15). The van der Waals surface area contributed by atoms with Gasteiger partial charge in [-0.15, -0.1) is 0 Å². The van der Waals surface area contributed by atoms with Gasteiger partial charge in [-0.1, -0.05) is 0 Å². The summed E-state index contributed by atoms with van der Waals surface area (Å²) in [6.07, 6.45) is 0.172. The molecule has 1 saturated heterocycles. The van der Waals surface area contributed by atoms with Gasteiger partial charge >= 0.3 is 27.3 Å². The first-order valence-corrected chi connectivity index (χ1v) is 6.26. The first-order chi connectivity index (χ1) is 8.14. The number of cyclic esters (lactones) is 1. The molecule has 10 heteroatoms. The van der Waals surface area contributed by atoms with Crippen molar-refractivity contribution in [2.75, 3.05) is 13.2 Å². The molecule has 0 spiro atoms. The molecule has 1 unspecified atom stereocenters. The molecule has 1 atom stereocenters. The Labute approximate surface area is 101 Å². The van der Waals surface area contributed by atoms with Crippen LogP contribution in [-0.2, 0) is 29.2 Å². The van der Waals surface area contributed by atoms with Crippen molar-refractivity contribution in [3.8, 4) is 0 Å². The summed E-state index contributed by atoms with van der Waals surface area (Å²) in [6, 6.07) is 0. The predicted molar refractivity (Wildman–Crippen MR) is 51.1 cm³/mol. The number of carbonyl (C=O) groups excluding carboxylic acids is 2. The van der Waals surface area contributed by atoms with E-state index in [1.807, 2.05) is 0 Å². The molecule has 1 aliphatic heterocycles. The number of hydrogen-bond acceptors (Lipinski definition) is 6. The van der Waals surface area contributed by atoms with Crippen LogP contribution in [0.2, 0.25) is 0 Å². The van der Waals surface area contributed by atoms with Gasteiger partial charge in [-0.05, 0) is 6.42 Å². The van der Waals surface area contributed by atoms with Crippen LogP contribution in [0.25, 0.3) is 0 Å². The van der Waals surface area contributed by atoms with Crippen molar-refractivity contribution in [2.45, 2.75) is 18.1 Å². The minimum Gasteiger partial charge on any atom is -0.465 e. The Morgan fingerprint density at radius 2 is 2.17 bits per heavy atom. The van der Waals surface area contributed by atoms with Gasteiger partial charge < -0.3 is 9.47 Å². The molecule has 0 radical (unpaired) electrons. The Morgan fingerprint density at radius 3 is 2.61 bits per heavy atom. The zero-order valence-electron chi connectivity index (χ0n) is 8.97. The molecule has 0 aromatic heterocycles. The summed E-state index contributed by atoms with van der Waals surface area (Å²) in [7, 11) is -5.85. The average Bonchev–Trinajstić information content (AvgIpc) is 2.62. The lowest BCUT2D eigenvalue weighted by molar-refractivity contribution is -0.161. The van der Waals surface area contributed by atoms with Crippen LogP contribution < -0.4 is 0 Å². The van der Waals surface area contributed by atoms with Gasteiger partial charge in [0.25, 0.3) is 0 Å². The summed E-state index contributed by atoms with van der Waals surface area (Å²) in [5.74, 6) is -3.05. The second-order valence-corrected chi connectivity index (χ2v) is 5.13. The normalized spacial score (nSPS) is 20.6. The van der Waals surface area contributed by atoms with Crippen molar-refractivity contribution in [1.82, 2.24) is 0 Å². The average molecular weight is 288 g/mol. The van der Waals surface area contributed by atoms with Gasteiger partial charge in [0.05, 0.1) is 19.6 Å². The molecule has 1 heterocycles. The molecular weight excluding hydrogens is 278 g/mol. The lowest BCUT2D eigenvalue weighted by Crippen LogP contribution is -2.39. The van der Waals surface area contributed by atoms with E-state index >= 15 is 0 Å². The van der Waals surface area contributed by atoms with E-state index in [4.69, 9.17) is 4.55 Å². The van der Waals surface area contributed by atoms with Crippen molar-refractivity contribution in [2.24, 2.45) is 5.92 Å².